The summed E-state index contributed by atoms with van der Waals surface area (Å²) in [5.74, 6) is -0.175. The van der Waals surface area contributed by atoms with Gasteiger partial charge in [0, 0.05) is 13.1 Å². The van der Waals surface area contributed by atoms with Gasteiger partial charge in [0.1, 0.15) is 0 Å². The molecule has 5 nitrogen and oxygen atoms in total. The first kappa shape index (κ1) is 26.6. The summed E-state index contributed by atoms with van der Waals surface area (Å²) >= 11 is 0. The van der Waals surface area contributed by atoms with Crippen molar-refractivity contribution in [3.05, 3.63) is 0 Å². The Balaban J connectivity index is 3.05. The molecule has 0 bridgehead atoms. The minimum atomic E-state index is -3.78. The molecule has 6 heteroatoms. The molecule has 0 saturated carbocycles. The second-order valence-corrected chi connectivity index (χ2v) is 9.52. The molecule has 0 amide bonds. The molecule has 0 aromatic carbocycles. The van der Waals surface area contributed by atoms with Crippen molar-refractivity contribution in [1.29, 1.82) is 0 Å². The summed E-state index contributed by atoms with van der Waals surface area (Å²) in [6, 6.07) is 0. The Hall–Kier alpha value is -0.380. The van der Waals surface area contributed by atoms with Gasteiger partial charge in [-0.15, -0.1) is 0 Å². The Morgan fingerprint density at radius 3 is 1.22 bits per heavy atom. The molecule has 0 spiro atoms. The fourth-order valence-electron chi connectivity index (χ4n) is 3.29. The fraction of sp³-hybridized carbons (Fsp3) is 0.952. The SMILES string of the molecule is CC(=O)OCCCCCCCCCCCCCCCCCCCP(=O)(O)O. The summed E-state index contributed by atoms with van der Waals surface area (Å²) in [4.78, 5) is 28.2. The maximum atomic E-state index is 10.7. The van der Waals surface area contributed by atoms with Gasteiger partial charge in [0.2, 0.25) is 0 Å². The van der Waals surface area contributed by atoms with Crippen LogP contribution in [0.25, 0.3) is 0 Å². The Kier molecular flexibility index (Phi) is 18.7. The highest BCUT2D eigenvalue weighted by Gasteiger charge is 2.10. The Morgan fingerprint density at radius 1 is 0.630 bits per heavy atom. The molecule has 27 heavy (non-hydrogen) atoms. The second-order valence-electron chi connectivity index (χ2n) is 7.74. The molecular formula is C21H43O5P. The standard InChI is InChI=1S/C21H43O5P/c1-21(22)26-19-17-15-13-11-9-7-5-3-2-4-6-8-10-12-14-16-18-20-27(23,24)25/h2-20H2,1H3,(H2,23,24,25). The van der Waals surface area contributed by atoms with E-state index in [2.05, 4.69) is 0 Å². The molecule has 0 unspecified atom stereocenters. The molecule has 0 aromatic rings. The van der Waals surface area contributed by atoms with Crippen molar-refractivity contribution in [2.45, 2.75) is 116 Å². The van der Waals surface area contributed by atoms with Gasteiger partial charge in [-0.05, 0) is 12.8 Å². The number of ether oxygens (including phenoxy) is 1. The van der Waals surface area contributed by atoms with Crippen LogP contribution in [0.4, 0.5) is 0 Å². The molecule has 0 heterocycles. The van der Waals surface area contributed by atoms with Crippen molar-refractivity contribution < 1.29 is 23.9 Å². The zero-order valence-corrected chi connectivity index (χ0v) is 18.4. The van der Waals surface area contributed by atoms with E-state index < -0.39 is 7.60 Å². The number of carbonyl (C=O) groups is 1. The van der Waals surface area contributed by atoms with Crippen molar-refractivity contribution in [2.24, 2.45) is 0 Å². The van der Waals surface area contributed by atoms with Gasteiger partial charge in [0.15, 0.2) is 0 Å². The highest BCUT2D eigenvalue weighted by atomic mass is 31.2. The van der Waals surface area contributed by atoms with Crippen LogP contribution in [0.2, 0.25) is 0 Å². The van der Waals surface area contributed by atoms with E-state index in [0.29, 0.717) is 13.0 Å². The van der Waals surface area contributed by atoms with Gasteiger partial charge in [0.25, 0.3) is 0 Å². The lowest BCUT2D eigenvalue weighted by molar-refractivity contribution is -0.141. The number of esters is 1. The molecular weight excluding hydrogens is 363 g/mol. The van der Waals surface area contributed by atoms with Crippen molar-refractivity contribution in [3.8, 4) is 0 Å². The van der Waals surface area contributed by atoms with Crippen LogP contribution >= 0.6 is 7.60 Å². The van der Waals surface area contributed by atoms with E-state index in [0.717, 1.165) is 25.7 Å². The predicted octanol–water partition coefficient (Wildman–Crippen LogP) is 6.36. The number of carbonyl (C=O) groups excluding carboxylic acids is 1. The van der Waals surface area contributed by atoms with Gasteiger partial charge in [-0.25, -0.2) is 0 Å². The molecule has 0 atom stereocenters. The van der Waals surface area contributed by atoms with Crippen LogP contribution in [-0.2, 0) is 14.1 Å². The first-order chi connectivity index (χ1) is 12.9. The summed E-state index contributed by atoms with van der Waals surface area (Å²) in [5.41, 5.74) is 0. The van der Waals surface area contributed by atoms with Crippen LogP contribution in [0, 0.1) is 0 Å². The van der Waals surface area contributed by atoms with Crippen LogP contribution in [0.5, 0.6) is 0 Å². The third-order valence-corrected chi connectivity index (χ3v) is 5.80. The van der Waals surface area contributed by atoms with Gasteiger partial charge in [0.05, 0.1) is 6.61 Å². The Labute approximate surface area is 166 Å². The lowest BCUT2D eigenvalue weighted by Gasteiger charge is -2.05. The first-order valence-electron chi connectivity index (χ1n) is 11.1. The van der Waals surface area contributed by atoms with Gasteiger partial charge >= 0.3 is 13.6 Å². The number of rotatable bonds is 20. The molecule has 2 N–H and O–H groups in total. The third-order valence-electron chi connectivity index (χ3n) is 4.90. The van der Waals surface area contributed by atoms with Crippen molar-refractivity contribution in [3.63, 3.8) is 0 Å². The quantitative estimate of drug-likeness (QED) is 0.140. The number of unbranched alkanes of at least 4 members (excludes halogenated alkanes) is 16. The average molecular weight is 407 g/mol. The summed E-state index contributed by atoms with van der Waals surface area (Å²) in [5, 5.41) is 0. The minimum Gasteiger partial charge on any atom is -0.466 e. The maximum Gasteiger partial charge on any atom is 0.325 e. The highest BCUT2D eigenvalue weighted by molar-refractivity contribution is 7.51. The van der Waals surface area contributed by atoms with Crippen LogP contribution in [0.15, 0.2) is 0 Å². The van der Waals surface area contributed by atoms with Gasteiger partial charge < -0.3 is 14.5 Å². The van der Waals surface area contributed by atoms with Crippen LogP contribution < -0.4 is 0 Å². The van der Waals surface area contributed by atoms with E-state index in [4.69, 9.17) is 14.5 Å². The Bertz CT molecular complexity index is 381. The molecule has 162 valence electrons. The summed E-state index contributed by atoms with van der Waals surface area (Å²) in [6.07, 6.45) is 20.6. The highest BCUT2D eigenvalue weighted by Crippen LogP contribution is 2.35. The molecule has 0 aliphatic carbocycles. The first-order valence-corrected chi connectivity index (χ1v) is 12.9. The normalized spacial score (nSPS) is 11.7. The van der Waals surface area contributed by atoms with Gasteiger partial charge in [-0.1, -0.05) is 96.3 Å². The Morgan fingerprint density at radius 2 is 0.926 bits per heavy atom. The third kappa shape index (κ3) is 25.6. The van der Waals surface area contributed by atoms with E-state index in [1.54, 1.807) is 0 Å². The summed E-state index contributed by atoms with van der Waals surface area (Å²) < 4.78 is 15.6. The van der Waals surface area contributed by atoms with Crippen LogP contribution in [0.3, 0.4) is 0 Å². The lowest BCUT2D eigenvalue weighted by Crippen LogP contribution is -2.00. The summed E-state index contributed by atoms with van der Waals surface area (Å²) in [7, 11) is -3.78. The zero-order valence-electron chi connectivity index (χ0n) is 17.5. The fourth-order valence-corrected chi connectivity index (χ4v) is 3.92. The maximum absolute atomic E-state index is 10.7. The molecule has 0 aromatic heterocycles. The minimum absolute atomic E-state index is 0.0447. The zero-order chi connectivity index (χ0) is 20.2. The molecule has 0 rings (SSSR count). The number of hydrogen-bond acceptors (Lipinski definition) is 3. The van der Waals surface area contributed by atoms with Crippen molar-refractivity contribution in [2.75, 3.05) is 12.8 Å². The van der Waals surface area contributed by atoms with Crippen LogP contribution in [0.1, 0.15) is 116 Å². The van der Waals surface area contributed by atoms with E-state index in [-0.39, 0.29) is 12.1 Å². The number of hydrogen-bond donors (Lipinski definition) is 2. The van der Waals surface area contributed by atoms with E-state index in [1.807, 2.05) is 0 Å². The molecule has 0 aliphatic rings. The molecule has 0 aliphatic heterocycles. The predicted molar refractivity (Wildman–Crippen MR) is 112 cm³/mol. The molecule has 0 radical (unpaired) electrons. The molecule has 0 saturated heterocycles. The smallest absolute Gasteiger partial charge is 0.325 e. The second kappa shape index (κ2) is 19.0. The van der Waals surface area contributed by atoms with Crippen molar-refractivity contribution in [1.82, 2.24) is 0 Å². The van der Waals surface area contributed by atoms with Crippen LogP contribution in [-0.4, -0.2) is 28.5 Å². The van der Waals surface area contributed by atoms with Gasteiger partial charge in [-0.3, -0.25) is 9.36 Å². The lowest BCUT2D eigenvalue weighted by atomic mass is 10.0. The topological polar surface area (TPSA) is 83.8 Å². The van der Waals surface area contributed by atoms with Crippen molar-refractivity contribution >= 4 is 13.6 Å². The van der Waals surface area contributed by atoms with E-state index >= 15 is 0 Å². The molecule has 0 fully saturated rings. The monoisotopic (exact) mass is 406 g/mol. The van der Waals surface area contributed by atoms with Gasteiger partial charge in [-0.2, -0.15) is 0 Å². The van der Waals surface area contributed by atoms with E-state index in [9.17, 15) is 9.36 Å². The van der Waals surface area contributed by atoms with E-state index in [1.165, 1.54) is 84.0 Å². The summed E-state index contributed by atoms with van der Waals surface area (Å²) in [6.45, 7) is 2.04. The average Bonchev–Trinajstić information content (AvgIpc) is 2.58. The largest absolute Gasteiger partial charge is 0.466 e.